The molecule has 110 valence electrons. The molecule has 2 fully saturated rings. The largest absolute Gasteiger partial charge is 0.381 e. The first-order chi connectivity index (χ1) is 10.2. The Kier molecular flexibility index (Phi) is 2.92. The van der Waals surface area contributed by atoms with Crippen LogP contribution in [0, 0.1) is 12.3 Å². The number of ether oxygens (including phenoxy) is 1. The Bertz CT molecular complexity index is 649. The van der Waals surface area contributed by atoms with Gasteiger partial charge in [-0.2, -0.15) is 4.98 Å². The van der Waals surface area contributed by atoms with E-state index in [1.165, 1.54) is 6.42 Å². The summed E-state index contributed by atoms with van der Waals surface area (Å²) in [5.74, 6) is 2.17. The summed E-state index contributed by atoms with van der Waals surface area (Å²) in [7, 11) is 0. The van der Waals surface area contributed by atoms with Crippen LogP contribution in [0.5, 0.6) is 0 Å². The van der Waals surface area contributed by atoms with E-state index < -0.39 is 0 Å². The van der Waals surface area contributed by atoms with Crippen LogP contribution in [-0.4, -0.2) is 41.4 Å². The van der Waals surface area contributed by atoms with E-state index in [2.05, 4.69) is 20.0 Å². The van der Waals surface area contributed by atoms with Crippen LogP contribution in [0.4, 0.5) is 5.82 Å². The van der Waals surface area contributed by atoms with E-state index in [0.717, 1.165) is 44.1 Å². The minimum absolute atomic E-state index is 0.332. The molecule has 6 heteroatoms. The smallest absolute Gasteiger partial charge is 0.258 e. The van der Waals surface area contributed by atoms with E-state index in [4.69, 9.17) is 9.26 Å². The number of anilines is 1. The number of hydrogen-bond acceptors (Lipinski definition) is 6. The summed E-state index contributed by atoms with van der Waals surface area (Å²) in [6.07, 6.45) is 4.14. The fraction of sp³-hybridized carbons (Fsp3) is 0.533. The van der Waals surface area contributed by atoms with Crippen molar-refractivity contribution >= 4 is 5.82 Å². The van der Waals surface area contributed by atoms with Gasteiger partial charge in [-0.05, 0) is 31.9 Å². The first-order valence-corrected chi connectivity index (χ1v) is 7.34. The van der Waals surface area contributed by atoms with Gasteiger partial charge >= 0.3 is 0 Å². The highest BCUT2D eigenvalue weighted by molar-refractivity contribution is 5.59. The quantitative estimate of drug-likeness (QED) is 0.842. The van der Waals surface area contributed by atoms with Gasteiger partial charge in [-0.25, -0.2) is 4.98 Å². The van der Waals surface area contributed by atoms with Crippen molar-refractivity contribution < 1.29 is 9.26 Å². The predicted molar refractivity (Wildman–Crippen MR) is 77.0 cm³/mol. The molecule has 1 atom stereocenters. The summed E-state index contributed by atoms with van der Waals surface area (Å²) in [5, 5.41) is 3.84. The molecule has 1 spiro atoms. The molecule has 6 nitrogen and oxygen atoms in total. The fourth-order valence-electron chi connectivity index (χ4n) is 3.24. The first-order valence-electron chi connectivity index (χ1n) is 7.34. The molecule has 0 unspecified atom stereocenters. The highest BCUT2D eigenvalue weighted by Crippen LogP contribution is 2.39. The summed E-state index contributed by atoms with van der Waals surface area (Å²) in [4.78, 5) is 11.1. The van der Waals surface area contributed by atoms with E-state index in [1.807, 2.05) is 19.1 Å². The van der Waals surface area contributed by atoms with Crippen molar-refractivity contribution in [3.05, 3.63) is 24.2 Å². The lowest BCUT2D eigenvalue weighted by Crippen LogP contribution is -2.27. The molecule has 4 heterocycles. The van der Waals surface area contributed by atoms with Gasteiger partial charge < -0.3 is 14.2 Å². The average Bonchev–Trinajstić information content (AvgIpc) is 3.23. The molecular weight excluding hydrogens is 268 g/mol. The number of nitrogens with zero attached hydrogens (tertiary/aromatic N) is 4. The van der Waals surface area contributed by atoms with Crippen molar-refractivity contribution in [2.24, 2.45) is 5.41 Å². The van der Waals surface area contributed by atoms with Crippen molar-refractivity contribution in [1.29, 1.82) is 0 Å². The molecule has 0 bridgehead atoms. The van der Waals surface area contributed by atoms with Crippen molar-refractivity contribution in [2.75, 3.05) is 31.2 Å². The van der Waals surface area contributed by atoms with Gasteiger partial charge in [0.15, 0.2) is 5.82 Å². The van der Waals surface area contributed by atoms with Crippen LogP contribution in [0.25, 0.3) is 11.5 Å². The minimum Gasteiger partial charge on any atom is -0.381 e. The SMILES string of the molecule is Cc1noc(-c2ccnc(N3CC[C@@]4(CCOC4)C3)c2)n1. The van der Waals surface area contributed by atoms with E-state index in [1.54, 1.807) is 6.20 Å². The normalized spacial score (nSPS) is 25.1. The lowest BCUT2D eigenvalue weighted by atomic mass is 9.87. The molecule has 2 aliphatic rings. The van der Waals surface area contributed by atoms with Crippen LogP contribution >= 0.6 is 0 Å². The molecule has 0 saturated carbocycles. The topological polar surface area (TPSA) is 64.3 Å². The highest BCUT2D eigenvalue weighted by atomic mass is 16.5. The summed E-state index contributed by atoms with van der Waals surface area (Å²) < 4.78 is 10.8. The van der Waals surface area contributed by atoms with Crippen LogP contribution < -0.4 is 4.90 Å². The number of aromatic nitrogens is 3. The standard InChI is InChI=1S/C15H18N4O2/c1-11-17-14(21-18-11)12-2-5-16-13(8-12)19-6-3-15(9-19)4-7-20-10-15/h2,5,8H,3-4,6-7,9-10H2,1H3/t15-/m1/s1. The Morgan fingerprint density at radius 1 is 1.33 bits per heavy atom. The second-order valence-electron chi connectivity index (χ2n) is 6.02. The van der Waals surface area contributed by atoms with Crippen LogP contribution in [0.1, 0.15) is 18.7 Å². The number of aryl methyl sites for hydroxylation is 1. The maximum absolute atomic E-state index is 5.58. The van der Waals surface area contributed by atoms with Crippen molar-refractivity contribution in [3.8, 4) is 11.5 Å². The molecule has 2 aromatic rings. The summed E-state index contributed by atoms with van der Waals surface area (Å²) >= 11 is 0. The third-order valence-electron chi connectivity index (χ3n) is 4.47. The predicted octanol–water partition coefficient (Wildman–Crippen LogP) is 2.06. The van der Waals surface area contributed by atoms with E-state index in [9.17, 15) is 0 Å². The zero-order chi connectivity index (χ0) is 14.3. The zero-order valence-corrected chi connectivity index (χ0v) is 12.1. The Labute approximate surface area is 123 Å². The molecule has 21 heavy (non-hydrogen) atoms. The molecule has 0 amide bonds. The Balaban J connectivity index is 1.59. The van der Waals surface area contributed by atoms with Gasteiger partial charge in [0, 0.05) is 36.9 Å². The van der Waals surface area contributed by atoms with Gasteiger partial charge in [-0.1, -0.05) is 5.16 Å². The highest BCUT2D eigenvalue weighted by Gasteiger charge is 2.41. The van der Waals surface area contributed by atoms with Gasteiger partial charge in [-0.3, -0.25) is 0 Å². The van der Waals surface area contributed by atoms with E-state index in [0.29, 0.717) is 17.1 Å². The summed E-state index contributed by atoms with van der Waals surface area (Å²) in [6.45, 7) is 5.64. The third-order valence-corrected chi connectivity index (χ3v) is 4.47. The molecule has 0 radical (unpaired) electrons. The minimum atomic E-state index is 0.332. The maximum Gasteiger partial charge on any atom is 0.258 e. The first kappa shape index (κ1) is 12.8. The van der Waals surface area contributed by atoms with Crippen LogP contribution in [0.15, 0.2) is 22.9 Å². The Hall–Kier alpha value is -1.95. The molecule has 0 aromatic carbocycles. The molecule has 0 aliphatic carbocycles. The lowest BCUT2D eigenvalue weighted by molar-refractivity contribution is 0.160. The van der Waals surface area contributed by atoms with Crippen LogP contribution in [0.2, 0.25) is 0 Å². The van der Waals surface area contributed by atoms with E-state index >= 15 is 0 Å². The molecule has 0 N–H and O–H groups in total. The van der Waals surface area contributed by atoms with Crippen molar-refractivity contribution in [1.82, 2.24) is 15.1 Å². The maximum atomic E-state index is 5.58. The molecular formula is C15H18N4O2. The molecule has 2 saturated heterocycles. The summed E-state index contributed by atoms with van der Waals surface area (Å²) in [5.41, 5.74) is 1.25. The van der Waals surface area contributed by atoms with Gasteiger partial charge in [0.1, 0.15) is 5.82 Å². The van der Waals surface area contributed by atoms with E-state index in [-0.39, 0.29) is 0 Å². The second kappa shape index (κ2) is 4.80. The summed E-state index contributed by atoms with van der Waals surface area (Å²) in [6, 6.07) is 3.93. The molecule has 2 aromatic heterocycles. The molecule has 4 rings (SSSR count). The number of pyridine rings is 1. The lowest BCUT2D eigenvalue weighted by Gasteiger charge is -2.22. The number of rotatable bonds is 2. The second-order valence-corrected chi connectivity index (χ2v) is 6.02. The fourth-order valence-corrected chi connectivity index (χ4v) is 3.24. The number of hydrogen-bond donors (Lipinski definition) is 0. The third kappa shape index (κ3) is 2.29. The zero-order valence-electron chi connectivity index (χ0n) is 12.1. The molecule has 2 aliphatic heterocycles. The van der Waals surface area contributed by atoms with Gasteiger partial charge in [0.2, 0.25) is 0 Å². The van der Waals surface area contributed by atoms with Gasteiger partial charge in [-0.15, -0.1) is 0 Å². The Morgan fingerprint density at radius 2 is 2.29 bits per heavy atom. The van der Waals surface area contributed by atoms with Crippen LogP contribution in [0.3, 0.4) is 0 Å². The Morgan fingerprint density at radius 3 is 3.05 bits per heavy atom. The van der Waals surface area contributed by atoms with Gasteiger partial charge in [0.05, 0.1) is 6.61 Å². The monoisotopic (exact) mass is 286 g/mol. The average molecular weight is 286 g/mol. The van der Waals surface area contributed by atoms with Gasteiger partial charge in [0.25, 0.3) is 5.89 Å². The van der Waals surface area contributed by atoms with Crippen molar-refractivity contribution in [3.63, 3.8) is 0 Å². The van der Waals surface area contributed by atoms with Crippen LogP contribution in [-0.2, 0) is 4.74 Å². The van der Waals surface area contributed by atoms with Crippen molar-refractivity contribution in [2.45, 2.75) is 19.8 Å².